The molecule has 1 fully saturated rings. The van der Waals surface area contributed by atoms with Crippen molar-refractivity contribution in [3.8, 4) is 11.5 Å². The molecule has 196 valence electrons. The summed E-state index contributed by atoms with van der Waals surface area (Å²) in [5, 5.41) is 3.11. The number of nitrogens with zero attached hydrogens (tertiary/aromatic N) is 2. The van der Waals surface area contributed by atoms with Crippen molar-refractivity contribution in [1.82, 2.24) is 15.3 Å². The van der Waals surface area contributed by atoms with E-state index in [4.69, 9.17) is 25.8 Å². The summed E-state index contributed by atoms with van der Waals surface area (Å²) in [6.07, 6.45) is 2.86. The lowest BCUT2D eigenvalue weighted by atomic mass is 9.78. The molecule has 1 aliphatic carbocycles. The van der Waals surface area contributed by atoms with E-state index in [1.807, 2.05) is 45.0 Å². The largest absolute Gasteiger partial charge is 0.490 e. The van der Waals surface area contributed by atoms with Gasteiger partial charge in [-0.25, -0.2) is 14.8 Å². The monoisotopic (exact) mass is 523 g/mol. The van der Waals surface area contributed by atoms with Gasteiger partial charge in [0, 0.05) is 30.5 Å². The van der Waals surface area contributed by atoms with Crippen LogP contribution >= 0.6 is 11.6 Å². The Labute approximate surface area is 223 Å². The van der Waals surface area contributed by atoms with Crippen molar-refractivity contribution in [2.45, 2.75) is 77.2 Å². The lowest BCUT2D eigenvalue weighted by Crippen LogP contribution is -2.50. The van der Waals surface area contributed by atoms with Gasteiger partial charge in [0.25, 0.3) is 0 Å². The molecule has 1 aliphatic rings. The third-order valence-electron chi connectivity index (χ3n) is 6.34. The van der Waals surface area contributed by atoms with Crippen molar-refractivity contribution in [2.75, 3.05) is 0 Å². The fourth-order valence-electron chi connectivity index (χ4n) is 4.14. The van der Waals surface area contributed by atoms with Gasteiger partial charge in [-0.15, -0.1) is 0 Å². The molecule has 1 heterocycles. The molecule has 4 rings (SSSR count). The molecule has 0 saturated heterocycles. The van der Waals surface area contributed by atoms with Crippen molar-refractivity contribution in [3.63, 3.8) is 0 Å². The quantitative estimate of drug-likeness (QED) is 0.341. The second-order valence-corrected chi connectivity index (χ2v) is 11.2. The maximum absolute atomic E-state index is 11.9. The average Bonchev–Trinajstić information content (AvgIpc) is 2.81. The number of aromatic nitrogens is 2. The number of halogens is 1. The summed E-state index contributed by atoms with van der Waals surface area (Å²) in [5.41, 5.74) is 2.39. The number of ether oxygens (including phenoxy) is 3. The first-order valence-corrected chi connectivity index (χ1v) is 12.8. The normalized spacial score (nSPS) is 17.5. The molecule has 1 saturated carbocycles. The van der Waals surface area contributed by atoms with Gasteiger partial charge in [-0.2, -0.15) is 0 Å². The number of carbonyl (C=O) groups is 1. The Morgan fingerprint density at radius 3 is 2.11 bits per heavy atom. The SMILES string of the molecule is CC(C)(C)OC(=O)N[C@H]1C[C@H](Oc2ccc(C(C)(C)c3ccc(OCc4ccnc(Cl)n4)cc3)cc2)C1. The van der Waals surface area contributed by atoms with Crippen molar-refractivity contribution in [1.29, 1.82) is 0 Å². The number of alkyl carbamates (subject to hydrolysis) is 1. The number of carbonyl (C=O) groups excluding carboxylic acids is 1. The minimum atomic E-state index is -0.498. The molecule has 7 nitrogen and oxygen atoms in total. The Hall–Kier alpha value is -3.32. The zero-order valence-electron chi connectivity index (χ0n) is 22.0. The molecule has 2 aromatic carbocycles. The molecule has 0 aliphatic heterocycles. The standard InChI is InChI=1S/C29H34ClN3O4/c1-28(2,3)37-27(34)33-22-16-25(17-22)36-24-12-8-20(9-13-24)29(4,5)19-6-10-23(11-7-19)35-18-21-14-15-31-26(30)32-21/h6-15,22,25H,16-18H2,1-5H3,(H,33,34)/t22-,25-. The maximum atomic E-state index is 11.9. The van der Waals surface area contributed by atoms with E-state index < -0.39 is 5.60 Å². The lowest BCUT2D eigenvalue weighted by molar-refractivity contribution is 0.0363. The van der Waals surface area contributed by atoms with E-state index in [0.29, 0.717) is 6.61 Å². The average molecular weight is 524 g/mol. The van der Waals surface area contributed by atoms with Crippen LogP contribution in [-0.4, -0.2) is 33.8 Å². The topological polar surface area (TPSA) is 82.6 Å². The van der Waals surface area contributed by atoms with E-state index in [1.54, 1.807) is 12.3 Å². The molecule has 0 bridgehead atoms. The Morgan fingerprint density at radius 2 is 1.54 bits per heavy atom. The van der Waals surface area contributed by atoms with Gasteiger partial charge in [0.2, 0.25) is 5.28 Å². The van der Waals surface area contributed by atoms with Crippen molar-refractivity contribution < 1.29 is 19.0 Å². The van der Waals surface area contributed by atoms with Crippen LogP contribution in [0, 0.1) is 0 Å². The minimum absolute atomic E-state index is 0.0868. The second-order valence-electron chi connectivity index (χ2n) is 10.8. The number of nitrogens with one attached hydrogen (secondary N) is 1. The summed E-state index contributed by atoms with van der Waals surface area (Å²) < 4.78 is 17.3. The van der Waals surface area contributed by atoms with Crippen LogP contribution in [0.4, 0.5) is 4.79 Å². The van der Waals surface area contributed by atoms with Gasteiger partial charge in [-0.3, -0.25) is 0 Å². The number of hydrogen-bond donors (Lipinski definition) is 1. The third kappa shape index (κ3) is 7.35. The molecule has 0 unspecified atom stereocenters. The molecule has 1 aromatic heterocycles. The summed E-state index contributed by atoms with van der Waals surface area (Å²) in [4.78, 5) is 19.9. The Morgan fingerprint density at radius 1 is 0.946 bits per heavy atom. The smallest absolute Gasteiger partial charge is 0.407 e. The van der Waals surface area contributed by atoms with E-state index in [-0.39, 0.29) is 28.9 Å². The summed E-state index contributed by atoms with van der Waals surface area (Å²) in [6.45, 7) is 10.3. The molecule has 0 atom stereocenters. The van der Waals surface area contributed by atoms with Crippen LogP contribution in [0.5, 0.6) is 11.5 Å². The van der Waals surface area contributed by atoms with E-state index in [9.17, 15) is 4.79 Å². The minimum Gasteiger partial charge on any atom is -0.490 e. The van der Waals surface area contributed by atoms with Crippen LogP contribution in [0.1, 0.15) is 64.3 Å². The molecule has 3 aromatic rings. The van der Waals surface area contributed by atoms with E-state index >= 15 is 0 Å². The van der Waals surface area contributed by atoms with Gasteiger partial charge in [0.15, 0.2) is 0 Å². The highest BCUT2D eigenvalue weighted by Crippen LogP contribution is 2.34. The summed E-state index contributed by atoms with van der Waals surface area (Å²) >= 11 is 5.84. The van der Waals surface area contributed by atoms with E-state index in [1.165, 1.54) is 11.1 Å². The molecule has 8 heteroatoms. The van der Waals surface area contributed by atoms with Crippen LogP contribution in [0.2, 0.25) is 5.28 Å². The van der Waals surface area contributed by atoms with Gasteiger partial charge in [0.1, 0.15) is 29.8 Å². The van der Waals surface area contributed by atoms with Crippen molar-refractivity contribution in [3.05, 3.63) is 82.9 Å². The first kappa shape index (κ1) is 26.7. The van der Waals surface area contributed by atoms with E-state index in [0.717, 1.165) is 30.0 Å². The summed E-state index contributed by atoms with van der Waals surface area (Å²) in [7, 11) is 0. The first-order chi connectivity index (χ1) is 17.5. The van der Waals surface area contributed by atoms with Gasteiger partial charge in [-0.1, -0.05) is 38.1 Å². The maximum Gasteiger partial charge on any atom is 0.407 e. The Balaban J connectivity index is 1.28. The highest BCUT2D eigenvalue weighted by molar-refractivity contribution is 6.28. The molecule has 1 amide bonds. The molecule has 0 spiro atoms. The Bertz CT molecular complexity index is 1200. The van der Waals surface area contributed by atoms with Crippen molar-refractivity contribution >= 4 is 17.7 Å². The Kier molecular flexibility index (Phi) is 7.93. The highest BCUT2D eigenvalue weighted by atomic mass is 35.5. The summed E-state index contributed by atoms with van der Waals surface area (Å²) in [6, 6.07) is 18.2. The number of hydrogen-bond acceptors (Lipinski definition) is 6. The first-order valence-electron chi connectivity index (χ1n) is 12.5. The van der Waals surface area contributed by atoms with Gasteiger partial charge in [0.05, 0.1) is 5.69 Å². The summed E-state index contributed by atoms with van der Waals surface area (Å²) in [5.74, 6) is 1.59. The zero-order chi connectivity index (χ0) is 26.6. The third-order valence-corrected chi connectivity index (χ3v) is 6.52. The predicted molar refractivity (Wildman–Crippen MR) is 143 cm³/mol. The second kappa shape index (κ2) is 11.0. The molecule has 37 heavy (non-hydrogen) atoms. The van der Waals surface area contributed by atoms with E-state index in [2.05, 4.69) is 53.4 Å². The fraction of sp³-hybridized carbons (Fsp3) is 0.414. The fourth-order valence-corrected chi connectivity index (χ4v) is 4.30. The van der Waals surface area contributed by atoms with Crippen molar-refractivity contribution in [2.24, 2.45) is 0 Å². The lowest BCUT2D eigenvalue weighted by Gasteiger charge is -2.36. The van der Waals surface area contributed by atoms with Crippen LogP contribution in [0.15, 0.2) is 60.8 Å². The zero-order valence-corrected chi connectivity index (χ0v) is 22.7. The van der Waals surface area contributed by atoms with Gasteiger partial charge >= 0.3 is 6.09 Å². The highest BCUT2D eigenvalue weighted by Gasteiger charge is 2.33. The molecule has 0 radical (unpaired) electrons. The van der Waals surface area contributed by atoms with Gasteiger partial charge in [-0.05, 0) is 73.8 Å². The van der Waals surface area contributed by atoms with Crippen LogP contribution < -0.4 is 14.8 Å². The number of amides is 1. The van der Waals surface area contributed by atoms with Crippen LogP contribution in [0.3, 0.4) is 0 Å². The molecule has 1 N–H and O–H groups in total. The number of rotatable bonds is 8. The number of benzene rings is 2. The molecular formula is C29H34ClN3O4. The predicted octanol–water partition coefficient (Wildman–Crippen LogP) is 6.47. The molecular weight excluding hydrogens is 490 g/mol. The van der Waals surface area contributed by atoms with Crippen LogP contribution in [0.25, 0.3) is 0 Å². The van der Waals surface area contributed by atoms with Crippen LogP contribution in [-0.2, 0) is 16.8 Å². The van der Waals surface area contributed by atoms with Gasteiger partial charge < -0.3 is 19.5 Å².